The zero-order chi connectivity index (χ0) is 17.5. The topological polar surface area (TPSA) is 110 Å². The second-order valence-electron chi connectivity index (χ2n) is 5.57. The van der Waals surface area contributed by atoms with Gasteiger partial charge in [0, 0.05) is 38.3 Å². The van der Waals surface area contributed by atoms with Gasteiger partial charge in [-0.2, -0.15) is 0 Å². The molecule has 8 heteroatoms. The molecule has 0 saturated carbocycles. The van der Waals surface area contributed by atoms with Crippen LogP contribution in [0.1, 0.15) is 12.0 Å². The smallest absolute Gasteiger partial charge is 0.276 e. The van der Waals surface area contributed by atoms with Crippen LogP contribution in [0, 0.1) is 10.1 Å². The second-order valence-corrected chi connectivity index (χ2v) is 5.57. The van der Waals surface area contributed by atoms with Crippen molar-refractivity contribution in [2.24, 2.45) is 5.73 Å². The van der Waals surface area contributed by atoms with E-state index in [1.807, 2.05) is 4.90 Å². The number of benzene rings is 1. The van der Waals surface area contributed by atoms with Gasteiger partial charge in [0.05, 0.1) is 17.0 Å². The summed E-state index contributed by atoms with van der Waals surface area (Å²) in [5.74, 6) is -0.583. The summed E-state index contributed by atoms with van der Waals surface area (Å²) in [6.45, 7) is 2.55. The number of hydrogen-bond donors (Lipinski definition) is 1. The molecule has 1 fully saturated rings. The number of primary amides is 1. The zero-order valence-electron chi connectivity index (χ0n) is 13.3. The summed E-state index contributed by atoms with van der Waals surface area (Å²) >= 11 is 0. The van der Waals surface area contributed by atoms with Crippen LogP contribution in [0.25, 0.3) is 6.08 Å². The number of carbonyl (C=O) groups is 2. The molecule has 1 saturated heterocycles. The average molecular weight is 332 g/mol. The Morgan fingerprint density at radius 2 is 1.96 bits per heavy atom. The van der Waals surface area contributed by atoms with Crippen LogP contribution in [0.2, 0.25) is 0 Å². The number of hydrogen-bond acceptors (Lipinski definition) is 5. The molecule has 128 valence electrons. The van der Waals surface area contributed by atoms with Gasteiger partial charge in [0.25, 0.3) is 5.69 Å². The molecule has 24 heavy (non-hydrogen) atoms. The van der Waals surface area contributed by atoms with Gasteiger partial charge < -0.3 is 10.6 Å². The molecule has 1 aliphatic rings. The lowest BCUT2D eigenvalue weighted by Gasteiger charge is -2.19. The fourth-order valence-corrected chi connectivity index (χ4v) is 2.63. The number of carbonyl (C=O) groups excluding carboxylic acids is 2. The molecule has 8 nitrogen and oxygen atoms in total. The largest absolute Gasteiger partial charge is 0.369 e. The molecule has 0 spiro atoms. The Labute approximate surface area is 139 Å². The monoisotopic (exact) mass is 332 g/mol. The maximum atomic E-state index is 12.3. The SMILES string of the molecule is NC(=O)CN1CCCN(C(=O)/C=C/c2ccccc2[N+](=O)[O-])CC1. The highest BCUT2D eigenvalue weighted by Crippen LogP contribution is 2.19. The van der Waals surface area contributed by atoms with Gasteiger partial charge in [-0.15, -0.1) is 0 Å². The van der Waals surface area contributed by atoms with E-state index in [1.54, 1.807) is 23.1 Å². The Morgan fingerprint density at radius 3 is 2.67 bits per heavy atom. The third kappa shape index (κ3) is 4.88. The minimum absolute atomic E-state index is 0.0370. The van der Waals surface area contributed by atoms with E-state index < -0.39 is 4.92 Å². The van der Waals surface area contributed by atoms with Gasteiger partial charge in [0.15, 0.2) is 0 Å². The predicted molar refractivity (Wildman–Crippen MR) is 89.0 cm³/mol. The number of nitro groups is 1. The molecule has 0 bridgehead atoms. The number of nitrogens with two attached hydrogens (primary N) is 1. The van der Waals surface area contributed by atoms with Crippen LogP contribution in [-0.2, 0) is 9.59 Å². The predicted octanol–water partition coefficient (Wildman–Crippen LogP) is 0.628. The van der Waals surface area contributed by atoms with Gasteiger partial charge in [0.1, 0.15) is 0 Å². The molecule has 0 radical (unpaired) electrons. The maximum absolute atomic E-state index is 12.3. The van der Waals surface area contributed by atoms with E-state index in [0.717, 1.165) is 6.42 Å². The quantitative estimate of drug-likeness (QED) is 0.483. The Hall–Kier alpha value is -2.74. The third-order valence-electron chi connectivity index (χ3n) is 3.82. The Bertz CT molecular complexity index is 659. The maximum Gasteiger partial charge on any atom is 0.276 e. The van der Waals surface area contributed by atoms with Crippen molar-refractivity contribution < 1.29 is 14.5 Å². The van der Waals surface area contributed by atoms with Crippen LogP contribution in [0.4, 0.5) is 5.69 Å². The average Bonchev–Trinajstić information content (AvgIpc) is 2.78. The van der Waals surface area contributed by atoms with Crippen LogP contribution in [-0.4, -0.2) is 59.3 Å². The molecule has 0 aliphatic carbocycles. The fraction of sp³-hybridized carbons (Fsp3) is 0.375. The molecular formula is C16H20N4O4. The normalized spacial score (nSPS) is 16.1. The van der Waals surface area contributed by atoms with Gasteiger partial charge in [-0.25, -0.2) is 0 Å². The lowest BCUT2D eigenvalue weighted by atomic mass is 10.1. The number of amides is 2. The van der Waals surface area contributed by atoms with Crippen molar-refractivity contribution in [3.63, 3.8) is 0 Å². The van der Waals surface area contributed by atoms with E-state index in [0.29, 0.717) is 31.7 Å². The highest BCUT2D eigenvalue weighted by Gasteiger charge is 2.18. The highest BCUT2D eigenvalue weighted by molar-refractivity contribution is 5.92. The lowest BCUT2D eigenvalue weighted by Crippen LogP contribution is -2.37. The van der Waals surface area contributed by atoms with Crippen molar-refractivity contribution in [2.45, 2.75) is 6.42 Å². The van der Waals surface area contributed by atoms with E-state index >= 15 is 0 Å². The van der Waals surface area contributed by atoms with E-state index in [1.165, 1.54) is 18.2 Å². The minimum Gasteiger partial charge on any atom is -0.369 e. The first-order chi connectivity index (χ1) is 11.5. The van der Waals surface area contributed by atoms with Crippen molar-refractivity contribution in [1.29, 1.82) is 0 Å². The van der Waals surface area contributed by atoms with Crippen LogP contribution < -0.4 is 5.73 Å². The van der Waals surface area contributed by atoms with E-state index in [4.69, 9.17) is 5.73 Å². The summed E-state index contributed by atoms with van der Waals surface area (Å²) in [5.41, 5.74) is 5.54. The van der Waals surface area contributed by atoms with Gasteiger partial charge in [-0.3, -0.25) is 24.6 Å². The number of rotatable bonds is 5. The van der Waals surface area contributed by atoms with E-state index in [2.05, 4.69) is 0 Å². The Kier molecular flexibility index (Phi) is 6.02. The molecule has 1 aromatic carbocycles. The van der Waals surface area contributed by atoms with Gasteiger partial charge in [0.2, 0.25) is 11.8 Å². The Balaban J connectivity index is 2.00. The van der Waals surface area contributed by atoms with Crippen LogP contribution in [0.15, 0.2) is 30.3 Å². The van der Waals surface area contributed by atoms with E-state index in [9.17, 15) is 19.7 Å². The Morgan fingerprint density at radius 1 is 1.21 bits per heavy atom. The summed E-state index contributed by atoms with van der Waals surface area (Å²) in [7, 11) is 0. The molecular weight excluding hydrogens is 312 g/mol. The zero-order valence-corrected chi connectivity index (χ0v) is 13.3. The van der Waals surface area contributed by atoms with Gasteiger partial charge >= 0.3 is 0 Å². The van der Waals surface area contributed by atoms with E-state index in [-0.39, 0.29) is 24.0 Å². The van der Waals surface area contributed by atoms with Crippen molar-refractivity contribution in [1.82, 2.24) is 9.80 Å². The lowest BCUT2D eigenvalue weighted by molar-refractivity contribution is -0.385. The van der Waals surface area contributed by atoms with Crippen LogP contribution >= 0.6 is 0 Å². The van der Waals surface area contributed by atoms with Gasteiger partial charge in [-0.1, -0.05) is 12.1 Å². The molecule has 2 amide bonds. The first-order valence-electron chi connectivity index (χ1n) is 7.68. The van der Waals surface area contributed by atoms with Crippen molar-refractivity contribution in [2.75, 3.05) is 32.7 Å². The summed E-state index contributed by atoms with van der Waals surface area (Å²) in [4.78, 5) is 37.4. The van der Waals surface area contributed by atoms with Crippen molar-refractivity contribution >= 4 is 23.6 Å². The molecule has 0 atom stereocenters. The molecule has 1 aromatic rings. The molecule has 2 N–H and O–H groups in total. The number of nitro benzene ring substituents is 1. The first kappa shape index (κ1) is 17.6. The number of para-hydroxylation sites is 1. The molecule has 0 aromatic heterocycles. The first-order valence-corrected chi connectivity index (χ1v) is 7.68. The molecule has 2 rings (SSSR count). The molecule has 0 unspecified atom stereocenters. The summed E-state index contributed by atoms with van der Waals surface area (Å²) < 4.78 is 0. The highest BCUT2D eigenvalue weighted by atomic mass is 16.6. The molecule has 1 aliphatic heterocycles. The standard InChI is InChI=1S/C16H20N4O4/c17-15(21)12-18-8-3-9-19(11-10-18)16(22)7-6-13-4-1-2-5-14(13)20(23)24/h1-2,4-7H,3,8-12H2,(H2,17,21)/b7-6+. The summed E-state index contributed by atoms with van der Waals surface area (Å²) in [5, 5.41) is 11.0. The molecule has 1 heterocycles. The van der Waals surface area contributed by atoms with Crippen molar-refractivity contribution in [3.05, 3.63) is 46.0 Å². The van der Waals surface area contributed by atoms with Gasteiger partial charge in [-0.05, 0) is 18.6 Å². The fourth-order valence-electron chi connectivity index (χ4n) is 2.63. The number of nitrogens with zero attached hydrogens (tertiary/aromatic N) is 3. The van der Waals surface area contributed by atoms with Crippen LogP contribution in [0.3, 0.4) is 0 Å². The summed E-state index contributed by atoms with van der Waals surface area (Å²) in [6, 6.07) is 6.26. The summed E-state index contributed by atoms with van der Waals surface area (Å²) in [6.07, 6.45) is 3.57. The van der Waals surface area contributed by atoms with Crippen molar-refractivity contribution in [3.8, 4) is 0 Å². The minimum atomic E-state index is -0.474. The second kappa shape index (κ2) is 8.21. The third-order valence-corrected chi connectivity index (χ3v) is 3.82. The van der Waals surface area contributed by atoms with Crippen LogP contribution in [0.5, 0.6) is 0 Å².